The highest BCUT2D eigenvalue weighted by Crippen LogP contribution is 2.32. The lowest BCUT2D eigenvalue weighted by atomic mass is 9.90. The molecule has 0 aliphatic heterocycles. The minimum atomic E-state index is -0.833. The van der Waals surface area contributed by atoms with Gasteiger partial charge in [-0.3, -0.25) is 10.2 Å². The van der Waals surface area contributed by atoms with Gasteiger partial charge in [-0.2, -0.15) is 0 Å². The third-order valence-electron chi connectivity index (χ3n) is 1.90. The summed E-state index contributed by atoms with van der Waals surface area (Å²) in [7, 11) is 0. The van der Waals surface area contributed by atoms with Crippen LogP contribution in [0.15, 0.2) is 0 Å². The van der Waals surface area contributed by atoms with Crippen molar-refractivity contribution in [2.24, 2.45) is 11.5 Å². The van der Waals surface area contributed by atoms with Crippen LogP contribution < -0.4 is 11.5 Å². The Balaban J connectivity index is 0. The number of nitrogens with one attached hydrogen (secondary N) is 1. The fraction of sp³-hybridized carbons (Fsp3) is 0.800. The minimum absolute atomic E-state index is 0.151. The first-order valence-electron chi connectivity index (χ1n) is 5.15. The van der Waals surface area contributed by atoms with E-state index in [9.17, 15) is 0 Å². The lowest BCUT2D eigenvalue weighted by Gasteiger charge is -2.26. The molecule has 0 radical (unpaired) electrons. The zero-order valence-electron chi connectivity index (χ0n) is 9.92. The Kier molecular flexibility index (Phi) is 10.1. The molecular formula is C10H22ClN3O2. The molecule has 0 amide bonds. The molecule has 0 atom stereocenters. The molecule has 0 aromatic heterocycles. The Morgan fingerprint density at radius 3 is 1.69 bits per heavy atom. The Labute approximate surface area is 102 Å². The van der Waals surface area contributed by atoms with E-state index in [4.69, 9.17) is 26.9 Å². The van der Waals surface area contributed by atoms with Gasteiger partial charge in [0.25, 0.3) is 5.97 Å². The molecule has 1 saturated carbocycles. The van der Waals surface area contributed by atoms with Crippen LogP contribution in [0, 0.1) is 5.41 Å². The molecule has 5 nitrogen and oxygen atoms in total. The molecule has 0 bridgehead atoms. The van der Waals surface area contributed by atoms with E-state index in [-0.39, 0.29) is 10.8 Å². The summed E-state index contributed by atoms with van der Waals surface area (Å²) < 4.78 is 0. The van der Waals surface area contributed by atoms with E-state index in [2.05, 4.69) is 18.4 Å². The summed E-state index contributed by atoms with van der Waals surface area (Å²) in [6.45, 7) is 3.23. The molecule has 96 valence electrons. The number of alkyl halides is 1. The number of carboxylic acid groups (broad SMARTS) is 1. The topological polar surface area (TPSA) is 113 Å². The van der Waals surface area contributed by atoms with Crippen LogP contribution in [0.25, 0.3) is 0 Å². The predicted molar refractivity (Wildman–Crippen MR) is 66.8 cm³/mol. The fourth-order valence-electron chi connectivity index (χ4n) is 1.29. The lowest BCUT2D eigenvalue weighted by molar-refractivity contribution is -0.134. The molecule has 0 heterocycles. The maximum atomic E-state index is 9.00. The van der Waals surface area contributed by atoms with Crippen LogP contribution in [0.2, 0.25) is 0 Å². The van der Waals surface area contributed by atoms with Gasteiger partial charge in [0.15, 0.2) is 5.96 Å². The minimum Gasteiger partial charge on any atom is -0.481 e. The summed E-state index contributed by atoms with van der Waals surface area (Å²) in [5, 5.41) is 13.5. The van der Waals surface area contributed by atoms with Gasteiger partial charge in [-0.05, 0) is 19.8 Å². The van der Waals surface area contributed by atoms with Gasteiger partial charge in [0.1, 0.15) is 0 Å². The summed E-state index contributed by atoms with van der Waals surface area (Å²) in [6.07, 6.45) is 6.49. The number of rotatable bonds is 0. The molecule has 1 aliphatic rings. The van der Waals surface area contributed by atoms with E-state index in [1.807, 2.05) is 0 Å². The lowest BCUT2D eigenvalue weighted by Crippen LogP contribution is -2.20. The van der Waals surface area contributed by atoms with E-state index >= 15 is 0 Å². The van der Waals surface area contributed by atoms with Crippen molar-refractivity contribution < 1.29 is 9.90 Å². The highest BCUT2D eigenvalue weighted by Gasteiger charge is 2.22. The number of nitrogens with two attached hydrogens (primary N) is 2. The molecule has 0 saturated heterocycles. The monoisotopic (exact) mass is 251 g/mol. The van der Waals surface area contributed by atoms with E-state index in [0.717, 1.165) is 6.92 Å². The summed E-state index contributed by atoms with van der Waals surface area (Å²) in [5.41, 5.74) is 8.94. The van der Waals surface area contributed by atoms with Gasteiger partial charge in [0.2, 0.25) is 0 Å². The van der Waals surface area contributed by atoms with Crippen molar-refractivity contribution in [3.8, 4) is 0 Å². The SMILES string of the molecule is CC(=O)O.CC1(Cl)CCCCC1.N=C(N)N. The number of hydrogen-bond acceptors (Lipinski definition) is 2. The van der Waals surface area contributed by atoms with E-state index in [0.29, 0.717) is 0 Å². The van der Waals surface area contributed by atoms with Crippen LogP contribution in [0.4, 0.5) is 0 Å². The first kappa shape index (κ1) is 17.4. The molecule has 0 unspecified atom stereocenters. The molecule has 16 heavy (non-hydrogen) atoms. The van der Waals surface area contributed by atoms with Crippen molar-refractivity contribution in [3.05, 3.63) is 0 Å². The standard InChI is InChI=1S/C7H13Cl.C2H4O2.CH5N3/c1-7(8)5-3-2-4-6-7;1-2(3)4;2-1(3)4/h2-6H2,1H3;1H3,(H,3,4);(H5,2,3,4). The van der Waals surface area contributed by atoms with Crippen LogP contribution >= 0.6 is 11.6 Å². The van der Waals surface area contributed by atoms with Gasteiger partial charge in [-0.25, -0.2) is 0 Å². The molecular weight excluding hydrogens is 230 g/mol. The third kappa shape index (κ3) is 23.1. The van der Waals surface area contributed by atoms with Crippen LogP contribution in [0.3, 0.4) is 0 Å². The summed E-state index contributed by atoms with van der Waals surface area (Å²) >= 11 is 6.07. The van der Waals surface area contributed by atoms with Crippen molar-refractivity contribution in [2.45, 2.75) is 50.8 Å². The summed E-state index contributed by atoms with van der Waals surface area (Å²) in [6, 6.07) is 0. The summed E-state index contributed by atoms with van der Waals surface area (Å²) in [4.78, 5) is 9.15. The molecule has 6 heteroatoms. The van der Waals surface area contributed by atoms with Crippen LogP contribution in [0.5, 0.6) is 0 Å². The molecule has 1 fully saturated rings. The number of halogens is 1. The highest BCUT2D eigenvalue weighted by atomic mass is 35.5. The number of hydrogen-bond donors (Lipinski definition) is 4. The number of carboxylic acids is 1. The van der Waals surface area contributed by atoms with Crippen molar-refractivity contribution in [3.63, 3.8) is 0 Å². The van der Waals surface area contributed by atoms with Crippen molar-refractivity contribution in [2.75, 3.05) is 0 Å². The Morgan fingerprint density at radius 2 is 1.56 bits per heavy atom. The van der Waals surface area contributed by atoms with Crippen LogP contribution in [-0.2, 0) is 4.79 Å². The van der Waals surface area contributed by atoms with Crippen molar-refractivity contribution >= 4 is 23.5 Å². The average Bonchev–Trinajstić information content (AvgIpc) is 2.00. The molecule has 0 aromatic rings. The second-order valence-electron chi connectivity index (χ2n) is 3.95. The van der Waals surface area contributed by atoms with Crippen LogP contribution in [0.1, 0.15) is 46.0 Å². The average molecular weight is 252 g/mol. The Hall–Kier alpha value is -0.970. The van der Waals surface area contributed by atoms with Crippen molar-refractivity contribution in [1.82, 2.24) is 0 Å². The van der Waals surface area contributed by atoms with E-state index < -0.39 is 5.97 Å². The maximum Gasteiger partial charge on any atom is 0.300 e. The molecule has 0 aromatic carbocycles. The first-order valence-corrected chi connectivity index (χ1v) is 5.53. The highest BCUT2D eigenvalue weighted by molar-refractivity contribution is 6.23. The Morgan fingerprint density at radius 1 is 1.31 bits per heavy atom. The second kappa shape index (κ2) is 9.27. The zero-order chi connectivity index (χ0) is 13.2. The van der Waals surface area contributed by atoms with Gasteiger partial charge >= 0.3 is 0 Å². The maximum absolute atomic E-state index is 9.00. The number of carbonyl (C=O) groups is 1. The zero-order valence-corrected chi connectivity index (χ0v) is 10.7. The van der Waals surface area contributed by atoms with E-state index in [1.54, 1.807) is 0 Å². The quantitative estimate of drug-likeness (QED) is 0.299. The summed E-state index contributed by atoms with van der Waals surface area (Å²) in [5.74, 6) is -1.17. The number of guanidine groups is 1. The molecule has 6 N–H and O–H groups in total. The smallest absolute Gasteiger partial charge is 0.300 e. The number of aliphatic carboxylic acids is 1. The first-order chi connectivity index (χ1) is 7.17. The van der Waals surface area contributed by atoms with Gasteiger partial charge in [0.05, 0.1) is 0 Å². The van der Waals surface area contributed by atoms with Crippen molar-refractivity contribution in [1.29, 1.82) is 5.41 Å². The Bertz CT molecular complexity index is 192. The van der Waals surface area contributed by atoms with E-state index in [1.165, 1.54) is 32.1 Å². The molecule has 1 rings (SSSR count). The van der Waals surface area contributed by atoms with Gasteiger partial charge in [-0.15, -0.1) is 11.6 Å². The fourth-order valence-corrected chi connectivity index (χ4v) is 1.56. The second-order valence-corrected chi connectivity index (χ2v) is 4.86. The normalized spacial score (nSPS) is 16.9. The largest absolute Gasteiger partial charge is 0.481 e. The third-order valence-corrected chi connectivity index (χ3v) is 2.27. The molecule has 0 spiro atoms. The van der Waals surface area contributed by atoms with Crippen LogP contribution in [-0.4, -0.2) is 21.9 Å². The van der Waals surface area contributed by atoms with Gasteiger partial charge in [-0.1, -0.05) is 19.3 Å². The van der Waals surface area contributed by atoms with Gasteiger partial charge < -0.3 is 16.6 Å². The van der Waals surface area contributed by atoms with Gasteiger partial charge in [0, 0.05) is 11.8 Å². The predicted octanol–water partition coefficient (Wildman–Crippen LogP) is 1.88. The molecule has 1 aliphatic carbocycles.